The summed E-state index contributed by atoms with van der Waals surface area (Å²) in [5.74, 6) is -0.453. The van der Waals surface area contributed by atoms with Crippen molar-refractivity contribution in [3.8, 4) is 0 Å². The summed E-state index contributed by atoms with van der Waals surface area (Å²) in [5.41, 5.74) is 6.83. The molecule has 0 aromatic heterocycles. The maximum atomic E-state index is 13.9. The van der Waals surface area contributed by atoms with Crippen LogP contribution in [0.2, 0.25) is 0 Å². The molecule has 1 saturated carbocycles. The topological polar surface area (TPSA) is 26.0 Å². The third-order valence-corrected chi connectivity index (χ3v) is 4.04. The van der Waals surface area contributed by atoms with E-state index in [0.29, 0.717) is 11.1 Å². The van der Waals surface area contributed by atoms with Crippen LogP contribution in [0.25, 0.3) is 0 Å². The van der Waals surface area contributed by atoms with Crippen LogP contribution in [0.3, 0.4) is 0 Å². The van der Waals surface area contributed by atoms with Crippen molar-refractivity contribution in [3.63, 3.8) is 0 Å². The smallest absolute Gasteiger partial charge is 0.128 e. The number of hydrogen-bond acceptors (Lipinski definition) is 1. The van der Waals surface area contributed by atoms with Crippen molar-refractivity contribution in [3.05, 3.63) is 34.9 Å². The van der Waals surface area contributed by atoms with E-state index in [1.807, 2.05) is 0 Å². The molecular formula is C15H21F2N. The SMILES string of the molecule is Cc1cc(F)c(C(N)C2CCCCCC2)cc1F. The minimum atomic E-state index is -0.377. The molecule has 1 aliphatic rings. The number of halogens is 2. The van der Waals surface area contributed by atoms with E-state index in [-0.39, 0.29) is 23.6 Å². The van der Waals surface area contributed by atoms with Crippen molar-refractivity contribution in [2.24, 2.45) is 11.7 Å². The highest BCUT2D eigenvalue weighted by Crippen LogP contribution is 2.33. The van der Waals surface area contributed by atoms with Crippen LogP contribution >= 0.6 is 0 Å². The summed E-state index contributed by atoms with van der Waals surface area (Å²) in [4.78, 5) is 0. The summed E-state index contributed by atoms with van der Waals surface area (Å²) in [6.07, 6.45) is 6.80. The van der Waals surface area contributed by atoms with E-state index in [2.05, 4.69) is 0 Å². The number of rotatable bonds is 2. The van der Waals surface area contributed by atoms with Gasteiger partial charge >= 0.3 is 0 Å². The van der Waals surface area contributed by atoms with Gasteiger partial charge in [-0.25, -0.2) is 8.78 Å². The first-order valence-electron chi connectivity index (χ1n) is 6.80. The summed E-state index contributed by atoms with van der Waals surface area (Å²) in [5, 5.41) is 0. The summed E-state index contributed by atoms with van der Waals surface area (Å²) in [6.45, 7) is 1.57. The third-order valence-electron chi connectivity index (χ3n) is 4.04. The van der Waals surface area contributed by atoms with Gasteiger partial charge in [0.1, 0.15) is 11.6 Å². The molecule has 2 rings (SSSR count). The van der Waals surface area contributed by atoms with Gasteiger partial charge in [0.2, 0.25) is 0 Å². The molecule has 0 aliphatic heterocycles. The first-order valence-corrected chi connectivity index (χ1v) is 6.80. The highest BCUT2D eigenvalue weighted by Gasteiger charge is 2.24. The number of aryl methyl sites for hydroxylation is 1. The molecular weight excluding hydrogens is 232 g/mol. The predicted octanol–water partition coefficient (Wildman–Crippen LogP) is 4.24. The van der Waals surface area contributed by atoms with Crippen LogP contribution in [-0.2, 0) is 0 Å². The number of hydrogen-bond donors (Lipinski definition) is 1. The van der Waals surface area contributed by atoms with E-state index in [4.69, 9.17) is 5.73 Å². The normalized spacial score (nSPS) is 19.6. The molecule has 1 aliphatic carbocycles. The van der Waals surface area contributed by atoms with Gasteiger partial charge in [0.25, 0.3) is 0 Å². The van der Waals surface area contributed by atoms with Gasteiger partial charge in [0.05, 0.1) is 0 Å². The molecule has 0 saturated heterocycles. The van der Waals surface area contributed by atoms with Crippen molar-refractivity contribution in [2.45, 2.75) is 51.5 Å². The molecule has 0 amide bonds. The van der Waals surface area contributed by atoms with E-state index in [1.165, 1.54) is 25.0 Å². The molecule has 1 aromatic rings. The fraction of sp³-hybridized carbons (Fsp3) is 0.600. The Labute approximate surface area is 107 Å². The summed E-state index contributed by atoms with van der Waals surface area (Å²) >= 11 is 0. The van der Waals surface area contributed by atoms with E-state index in [1.54, 1.807) is 6.92 Å². The second-order valence-electron chi connectivity index (χ2n) is 5.40. The zero-order chi connectivity index (χ0) is 13.1. The molecule has 18 heavy (non-hydrogen) atoms. The number of benzene rings is 1. The van der Waals surface area contributed by atoms with Crippen LogP contribution in [0.4, 0.5) is 8.78 Å². The lowest BCUT2D eigenvalue weighted by Gasteiger charge is -2.23. The van der Waals surface area contributed by atoms with E-state index < -0.39 is 0 Å². The van der Waals surface area contributed by atoms with E-state index in [0.717, 1.165) is 25.7 Å². The zero-order valence-electron chi connectivity index (χ0n) is 10.9. The minimum Gasteiger partial charge on any atom is -0.324 e. The Morgan fingerprint density at radius 2 is 1.67 bits per heavy atom. The second-order valence-corrected chi connectivity index (χ2v) is 5.40. The van der Waals surface area contributed by atoms with Crippen molar-refractivity contribution in [1.29, 1.82) is 0 Å². The van der Waals surface area contributed by atoms with Crippen LogP contribution in [-0.4, -0.2) is 0 Å². The lowest BCUT2D eigenvalue weighted by Crippen LogP contribution is -2.22. The lowest BCUT2D eigenvalue weighted by molar-refractivity contribution is 0.371. The molecule has 0 heterocycles. The maximum Gasteiger partial charge on any atom is 0.128 e. The second kappa shape index (κ2) is 5.79. The Kier molecular flexibility index (Phi) is 4.33. The summed E-state index contributed by atoms with van der Waals surface area (Å²) in [6, 6.07) is 2.15. The summed E-state index contributed by atoms with van der Waals surface area (Å²) < 4.78 is 27.4. The quantitative estimate of drug-likeness (QED) is 0.784. The molecule has 0 bridgehead atoms. The molecule has 1 atom stereocenters. The first-order chi connectivity index (χ1) is 8.59. The predicted molar refractivity (Wildman–Crippen MR) is 69.2 cm³/mol. The molecule has 1 unspecified atom stereocenters. The monoisotopic (exact) mass is 253 g/mol. The first kappa shape index (κ1) is 13.5. The standard InChI is InChI=1S/C15H21F2N/c1-10-8-14(17)12(9-13(10)16)15(18)11-6-4-2-3-5-7-11/h8-9,11,15H,2-7,18H2,1H3. The van der Waals surface area contributed by atoms with Crippen LogP contribution in [0.15, 0.2) is 12.1 Å². The molecule has 0 spiro atoms. The third kappa shape index (κ3) is 2.89. The van der Waals surface area contributed by atoms with Gasteiger partial charge in [0, 0.05) is 11.6 Å². The van der Waals surface area contributed by atoms with Gasteiger partial charge in [-0.05, 0) is 43.4 Å². The zero-order valence-corrected chi connectivity index (χ0v) is 10.9. The van der Waals surface area contributed by atoms with Crippen LogP contribution in [0, 0.1) is 24.5 Å². The van der Waals surface area contributed by atoms with Crippen LogP contribution in [0.5, 0.6) is 0 Å². The Morgan fingerprint density at radius 3 is 2.28 bits per heavy atom. The molecule has 1 fully saturated rings. The lowest BCUT2D eigenvalue weighted by atomic mass is 9.87. The van der Waals surface area contributed by atoms with Crippen LogP contribution < -0.4 is 5.73 Å². The van der Waals surface area contributed by atoms with Gasteiger partial charge in [-0.15, -0.1) is 0 Å². The molecule has 2 N–H and O–H groups in total. The van der Waals surface area contributed by atoms with Gasteiger partial charge in [0.15, 0.2) is 0 Å². The van der Waals surface area contributed by atoms with Crippen molar-refractivity contribution < 1.29 is 8.78 Å². The van der Waals surface area contributed by atoms with Crippen molar-refractivity contribution in [1.82, 2.24) is 0 Å². The van der Waals surface area contributed by atoms with Gasteiger partial charge < -0.3 is 5.73 Å². The van der Waals surface area contributed by atoms with Gasteiger partial charge in [-0.3, -0.25) is 0 Å². The largest absolute Gasteiger partial charge is 0.324 e. The maximum absolute atomic E-state index is 13.9. The van der Waals surface area contributed by atoms with Gasteiger partial charge in [-0.1, -0.05) is 25.7 Å². The number of nitrogens with two attached hydrogens (primary N) is 1. The minimum absolute atomic E-state index is 0.282. The van der Waals surface area contributed by atoms with E-state index >= 15 is 0 Å². The molecule has 1 aromatic carbocycles. The van der Waals surface area contributed by atoms with Crippen LogP contribution in [0.1, 0.15) is 55.7 Å². The van der Waals surface area contributed by atoms with Gasteiger partial charge in [-0.2, -0.15) is 0 Å². The summed E-state index contributed by atoms with van der Waals surface area (Å²) in [7, 11) is 0. The molecule has 1 nitrogen and oxygen atoms in total. The average molecular weight is 253 g/mol. The van der Waals surface area contributed by atoms with Crippen molar-refractivity contribution in [2.75, 3.05) is 0 Å². The Bertz CT molecular complexity index is 409. The van der Waals surface area contributed by atoms with Crippen molar-refractivity contribution >= 4 is 0 Å². The van der Waals surface area contributed by atoms with E-state index in [9.17, 15) is 8.78 Å². The Balaban J connectivity index is 2.21. The molecule has 0 radical (unpaired) electrons. The fourth-order valence-corrected chi connectivity index (χ4v) is 2.84. The molecule has 100 valence electrons. The average Bonchev–Trinajstić information content (AvgIpc) is 2.61. The highest BCUT2D eigenvalue weighted by molar-refractivity contribution is 5.28. The highest BCUT2D eigenvalue weighted by atomic mass is 19.1. The fourth-order valence-electron chi connectivity index (χ4n) is 2.84. The molecule has 3 heteroatoms. The Hall–Kier alpha value is -0.960. The Morgan fingerprint density at radius 1 is 1.06 bits per heavy atom.